The van der Waals surface area contributed by atoms with Crippen molar-refractivity contribution in [1.82, 2.24) is 4.98 Å². The van der Waals surface area contributed by atoms with E-state index in [0.717, 1.165) is 24.2 Å². The van der Waals surface area contributed by atoms with Crippen LogP contribution in [-0.4, -0.2) is 11.0 Å². The van der Waals surface area contributed by atoms with Crippen LogP contribution in [0.4, 0.5) is 10.1 Å². The van der Waals surface area contributed by atoms with Crippen molar-refractivity contribution in [3.05, 3.63) is 58.6 Å². The first kappa shape index (κ1) is 13.4. The fraction of sp³-hybridized carbons (Fsp3) is 0.312. The van der Waals surface area contributed by atoms with Gasteiger partial charge in [0.05, 0.1) is 11.4 Å². The number of benzene rings is 1. The van der Waals surface area contributed by atoms with Crippen LogP contribution in [0, 0.1) is 12.7 Å². The summed E-state index contributed by atoms with van der Waals surface area (Å²) < 4.78 is 12.9. The monoisotopic (exact) mass is 290 g/mol. The van der Waals surface area contributed by atoms with Gasteiger partial charge in [0.25, 0.3) is 0 Å². The van der Waals surface area contributed by atoms with Gasteiger partial charge in [-0.1, -0.05) is 23.7 Å². The zero-order valence-corrected chi connectivity index (χ0v) is 12.0. The molecule has 1 N–H and O–H groups in total. The average Bonchev–Trinajstić information content (AvgIpc) is 2.37. The van der Waals surface area contributed by atoms with E-state index in [4.69, 9.17) is 11.6 Å². The van der Waals surface area contributed by atoms with Gasteiger partial charge in [0.1, 0.15) is 11.0 Å². The number of rotatable bonds is 3. The number of anilines is 1. The van der Waals surface area contributed by atoms with Gasteiger partial charge in [-0.15, -0.1) is 0 Å². The van der Waals surface area contributed by atoms with E-state index in [1.165, 1.54) is 17.7 Å². The van der Waals surface area contributed by atoms with Crippen molar-refractivity contribution < 1.29 is 4.39 Å². The van der Waals surface area contributed by atoms with E-state index < -0.39 is 0 Å². The molecule has 1 aliphatic rings. The minimum Gasteiger partial charge on any atom is -0.381 e. The van der Waals surface area contributed by atoms with Crippen LogP contribution < -0.4 is 5.32 Å². The Hall–Kier alpha value is -1.61. The maximum atomic E-state index is 12.9. The lowest BCUT2D eigenvalue weighted by Gasteiger charge is -2.37. The van der Waals surface area contributed by atoms with Crippen molar-refractivity contribution >= 4 is 17.3 Å². The number of aryl methyl sites for hydroxylation is 1. The Morgan fingerprint density at radius 1 is 1.15 bits per heavy atom. The molecule has 104 valence electrons. The third-order valence-electron chi connectivity index (χ3n) is 3.89. The number of hydrogen-bond acceptors (Lipinski definition) is 2. The maximum absolute atomic E-state index is 12.9. The SMILES string of the molecule is Cc1nc(Cl)ccc1NC1CC(c2ccc(F)cc2)C1. The first-order valence-electron chi connectivity index (χ1n) is 6.77. The normalized spacial score (nSPS) is 21.4. The third kappa shape index (κ3) is 2.78. The molecular weight excluding hydrogens is 275 g/mol. The zero-order chi connectivity index (χ0) is 14.1. The molecule has 0 spiro atoms. The number of pyridine rings is 1. The molecule has 0 radical (unpaired) electrons. The van der Waals surface area contributed by atoms with E-state index >= 15 is 0 Å². The number of nitrogens with zero attached hydrogens (tertiary/aromatic N) is 1. The molecule has 0 unspecified atom stereocenters. The predicted molar refractivity (Wildman–Crippen MR) is 79.8 cm³/mol. The van der Waals surface area contributed by atoms with Gasteiger partial charge in [0, 0.05) is 6.04 Å². The molecule has 0 amide bonds. The standard InChI is InChI=1S/C16H16ClFN2/c1-10-15(6-7-16(17)19-10)20-14-8-12(9-14)11-2-4-13(18)5-3-11/h2-7,12,14,20H,8-9H2,1H3. The molecule has 0 aliphatic heterocycles. The molecule has 1 saturated carbocycles. The van der Waals surface area contributed by atoms with Gasteiger partial charge in [-0.3, -0.25) is 0 Å². The van der Waals surface area contributed by atoms with Gasteiger partial charge >= 0.3 is 0 Å². The number of hydrogen-bond donors (Lipinski definition) is 1. The molecule has 0 atom stereocenters. The Labute approximate surface area is 123 Å². The fourth-order valence-corrected chi connectivity index (χ4v) is 2.84. The molecule has 1 aromatic carbocycles. The second-order valence-electron chi connectivity index (χ2n) is 5.33. The molecule has 20 heavy (non-hydrogen) atoms. The van der Waals surface area contributed by atoms with Crippen LogP contribution in [0.25, 0.3) is 0 Å². The lowest BCUT2D eigenvalue weighted by Crippen LogP contribution is -2.34. The highest BCUT2D eigenvalue weighted by Crippen LogP contribution is 2.38. The van der Waals surface area contributed by atoms with Crippen LogP contribution in [0.2, 0.25) is 5.15 Å². The van der Waals surface area contributed by atoms with E-state index in [-0.39, 0.29) is 5.82 Å². The van der Waals surface area contributed by atoms with Crippen molar-refractivity contribution in [2.75, 3.05) is 5.32 Å². The summed E-state index contributed by atoms with van der Waals surface area (Å²) in [6.07, 6.45) is 2.13. The van der Waals surface area contributed by atoms with Gasteiger partial charge in [-0.05, 0) is 55.5 Å². The van der Waals surface area contributed by atoms with Crippen LogP contribution in [0.3, 0.4) is 0 Å². The van der Waals surface area contributed by atoms with Crippen LogP contribution in [0.15, 0.2) is 36.4 Å². The summed E-state index contributed by atoms with van der Waals surface area (Å²) in [5.74, 6) is 0.347. The quantitative estimate of drug-likeness (QED) is 0.840. The fourth-order valence-electron chi connectivity index (χ4n) is 2.65. The molecule has 2 aromatic rings. The third-order valence-corrected chi connectivity index (χ3v) is 4.10. The average molecular weight is 291 g/mol. The zero-order valence-electron chi connectivity index (χ0n) is 11.2. The molecule has 0 bridgehead atoms. The van der Waals surface area contributed by atoms with E-state index in [1.54, 1.807) is 6.07 Å². The van der Waals surface area contributed by atoms with Gasteiger partial charge in [0.15, 0.2) is 0 Å². The molecule has 1 heterocycles. The van der Waals surface area contributed by atoms with Crippen LogP contribution in [0.5, 0.6) is 0 Å². The Balaban J connectivity index is 1.59. The number of nitrogens with one attached hydrogen (secondary N) is 1. The molecule has 4 heteroatoms. The molecule has 0 saturated heterocycles. The highest BCUT2D eigenvalue weighted by atomic mass is 35.5. The number of aromatic nitrogens is 1. The number of halogens is 2. The van der Waals surface area contributed by atoms with E-state index in [0.29, 0.717) is 17.1 Å². The van der Waals surface area contributed by atoms with Crippen LogP contribution in [-0.2, 0) is 0 Å². The summed E-state index contributed by atoms with van der Waals surface area (Å²) in [7, 11) is 0. The molecule has 1 aromatic heterocycles. The Morgan fingerprint density at radius 3 is 2.50 bits per heavy atom. The summed E-state index contributed by atoms with van der Waals surface area (Å²) in [4.78, 5) is 4.23. The Bertz CT molecular complexity index is 606. The molecule has 2 nitrogen and oxygen atoms in total. The second-order valence-corrected chi connectivity index (χ2v) is 5.72. The van der Waals surface area contributed by atoms with Crippen molar-refractivity contribution in [3.8, 4) is 0 Å². The lowest BCUT2D eigenvalue weighted by atomic mass is 9.76. The van der Waals surface area contributed by atoms with Crippen molar-refractivity contribution in [2.24, 2.45) is 0 Å². The summed E-state index contributed by atoms with van der Waals surface area (Å²) in [6, 6.07) is 11.0. The van der Waals surface area contributed by atoms with Gasteiger partial charge in [-0.25, -0.2) is 9.37 Å². The molecule has 1 fully saturated rings. The van der Waals surface area contributed by atoms with Crippen LogP contribution >= 0.6 is 11.6 Å². The smallest absolute Gasteiger partial charge is 0.129 e. The molecular formula is C16H16ClFN2. The Morgan fingerprint density at radius 2 is 1.85 bits per heavy atom. The summed E-state index contributed by atoms with van der Waals surface area (Å²) >= 11 is 5.85. The first-order chi connectivity index (χ1) is 9.61. The Kier molecular flexibility index (Phi) is 3.62. The summed E-state index contributed by atoms with van der Waals surface area (Å²) in [5.41, 5.74) is 3.18. The molecule has 3 rings (SSSR count). The first-order valence-corrected chi connectivity index (χ1v) is 7.15. The predicted octanol–water partition coefficient (Wildman–Crippen LogP) is 4.54. The van der Waals surface area contributed by atoms with Crippen molar-refractivity contribution in [2.45, 2.75) is 31.7 Å². The minimum absolute atomic E-state index is 0.175. The topological polar surface area (TPSA) is 24.9 Å². The second kappa shape index (κ2) is 5.41. The van der Waals surface area contributed by atoms with Gasteiger partial charge in [0.2, 0.25) is 0 Å². The van der Waals surface area contributed by atoms with E-state index in [1.807, 2.05) is 25.1 Å². The minimum atomic E-state index is -0.175. The van der Waals surface area contributed by atoms with Crippen molar-refractivity contribution in [3.63, 3.8) is 0 Å². The highest BCUT2D eigenvalue weighted by Gasteiger charge is 2.30. The van der Waals surface area contributed by atoms with Crippen LogP contribution in [0.1, 0.15) is 30.0 Å². The lowest BCUT2D eigenvalue weighted by molar-refractivity contribution is 0.373. The van der Waals surface area contributed by atoms with Crippen molar-refractivity contribution in [1.29, 1.82) is 0 Å². The van der Waals surface area contributed by atoms with Gasteiger partial charge < -0.3 is 5.32 Å². The largest absolute Gasteiger partial charge is 0.381 e. The van der Waals surface area contributed by atoms with Gasteiger partial charge in [-0.2, -0.15) is 0 Å². The highest BCUT2D eigenvalue weighted by molar-refractivity contribution is 6.29. The summed E-state index contributed by atoms with van der Waals surface area (Å²) in [5, 5.41) is 4.01. The molecule has 1 aliphatic carbocycles. The van der Waals surface area contributed by atoms with E-state index in [2.05, 4.69) is 10.3 Å². The summed E-state index contributed by atoms with van der Waals surface area (Å²) in [6.45, 7) is 1.95. The maximum Gasteiger partial charge on any atom is 0.129 e. The van der Waals surface area contributed by atoms with E-state index in [9.17, 15) is 4.39 Å².